The largest absolute Gasteiger partial charge is 0.379 e. The first-order valence-corrected chi connectivity index (χ1v) is 9.86. The van der Waals surface area contributed by atoms with Crippen LogP contribution >= 0.6 is 11.3 Å². The van der Waals surface area contributed by atoms with E-state index in [2.05, 4.69) is 14.8 Å². The summed E-state index contributed by atoms with van der Waals surface area (Å²) < 4.78 is 17.9. The van der Waals surface area contributed by atoms with Crippen LogP contribution in [0.5, 0.6) is 0 Å². The molecule has 0 unspecified atom stereocenters. The van der Waals surface area contributed by atoms with Crippen LogP contribution in [0.3, 0.4) is 0 Å². The van der Waals surface area contributed by atoms with Crippen molar-refractivity contribution in [3.63, 3.8) is 0 Å². The minimum absolute atomic E-state index is 0.134. The molecule has 0 radical (unpaired) electrons. The van der Waals surface area contributed by atoms with E-state index in [-0.39, 0.29) is 5.60 Å². The van der Waals surface area contributed by atoms with Crippen LogP contribution in [0.15, 0.2) is 11.6 Å². The van der Waals surface area contributed by atoms with Gasteiger partial charge in [-0.25, -0.2) is 4.98 Å². The molecule has 3 aliphatic heterocycles. The van der Waals surface area contributed by atoms with E-state index in [1.807, 2.05) is 11.6 Å². The van der Waals surface area contributed by atoms with E-state index < -0.39 is 0 Å². The maximum atomic E-state index is 6.56. The maximum absolute atomic E-state index is 6.56. The standard InChI is InChI=1S/C17H27N3O3S/c1-2-17(23-15(1)11-19-4-7-21-8-5-19)13-20(6-9-22-14-17)12-16-18-3-10-24-16/h3,10,15H,1-2,4-9,11-14H2/t15-,17-/m1/s1. The Morgan fingerprint density at radius 3 is 2.83 bits per heavy atom. The molecule has 0 N–H and O–H groups in total. The second kappa shape index (κ2) is 7.76. The predicted octanol–water partition coefficient (Wildman–Crippen LogP) is 1.23. The highest BCUT2D eigenvalue weighted by atomic mass is 32.1. The van der Waals surface area contributed by atoms with Gasteiger partial charge in [-0.2, -0.15) is 0 Å². The number of aromatic nitrogens is 1. The highest BCUT2D eigenvalue weighted by Crippen LogP contribution is 2.34. The molecule has 4 heterocycles. The van der Waals surface area contributed by atoms with Gasteiger partial charge in [0.05, 0.1) is 39.1 Å². The third-order valence-corrected chi connectivity index (χ3v) is 5.94. The van der Waals surface area contributed by atoms with Crippen molar-refractivity contribution in [3.05, 3.63) is 16.6 Å². The van der Waals surface area contributed by atoms with Crippen LogP contribution in [0.2, 0.25) is 0 Å². The number of hydrogen-bond donors (Lipinski definition) is 0. The number of morpholine rings is 1. The van der Waals surface area contributed by atoms with E-state index >= 15 is 0 Å². The Morgan fingerprint density at radius 2 is 2.00 bits per heavy atom. The first-order chi connectivity index (χ1) is 11.8. The lowest BCUT2D eigenvalue weighted by Crippen LogP contribution is -2.46. The van der Waals surface area contributed by atoms with Gasteiger partial charge >= 0.3 is 0 Å². The molecule has 3 saturated heterocycles. The van der Waals surface area contributed by atoms with Crippen LogP contribution in [0.25, 0.3) is 0 Å². The molecule has 7 heteroatoms. The van der Waals surface area contributed by atoms with Crippen molar-refractivity contribution in [1.82, 2.24) is 14.8 Å². The fourth-order valence-corrected chi connectivity index (χ4v) is 4.62. The number of ether oxygens (including phenoxy) is 3. The summed E-state index contributed by atoms with van der Waals surface area (Å²) in [4.78, 5) is 9.34. The van der Waals surface area contributed by atoms with E-state index in [9.17, 15) is 0 Å². The van der Waals surface area contributed by atoms with Gasteiger partial charge in [-0.05, 0) is 12.8 Å². The van der Waals surface area contributed by atoms with E-state index in [0.29, 0.717) is 6.10 Å². The Hall–Kier alpha value is -0.570. The third kappa shape index (κ3) is 4.15. The van der Waals surface area contributed by atoms with E-state index in [1.165, 1.54) is 5.01 Å². The maximum Gasteiger partial charge on any atom is 0.107 e. The lowest BCUT2D eigenvalue weighted by Gasteiger charge is -2.33. The smallest absolute Gasteiger partial charge is 0.107 e. The molecule has 0 aromatic carbocycles. The number of hydrogen-bond acceptors (Lipinski definition) is 7. The summed E-state index contributed by atoms with van der Waals surface area (Å²) in [6.45, 7) is 9.10. The molecule has 4 rings (SSSR count). The van der Waals surface area contributed by atoms with Crippen LogP contribution in [-0.2, 0) is 20.8 Å². The van der Waals surface area contributed by atoms with Gasteiger partial charge in [-0.1, -0.05) is 0 Å². The van der Waals surface area contributed by atoms with Crippen LogP contribution in [0.1, 0.15) is 17.8 Å². The van der Waals surface area contributed by atoms with Crippen molar-refractivity contribution in [2.75, 3.05) is 59.2 Å². The molecule has 2 atom stereocenters. The van der Waals surface area contributed by atoms with Gasteiger partial charge in [-0.3, -0.25) is 9.80 Å². The van der Waals surface area contributed by atoms with Gasteiger partial charge in [-0.15, -0.1) is 11.3 Å². The molecule has 1 aromatic heterocycles. The van der Waals surface area contributed by atoms with Crippen LogP contribution in [-0.4, -0.2) is 85.6 Å². The van der Waals surface area contributed by atoms with E-state index in [1.54, 1.807) is 11.3 Å². The average Bonchev–Trinajstić information content (AvgIpc) is 3.18. The average molecular weight is 353 g/mol. The summed E-state index contributed by atoms with van der Waals surface area (Å²) >= 11 is 1.73. The Labute approximate surface area is 147 Å². The summed E-state index contributed by atoms with van der Waals surface area (Å²) in [5.41, 5.74) is -0.134. The van der Waals surface area contributed by atoms with Gasteiger partial charge in [0.1, 0.15) is 10.6 Å². The van der Waals surface area contributed by atoms with Crippen molar-refractivity contribution in [2.24, 2.45) is 0 Å². The minimum Gasteiger partial charge on any atom is -0.379 e. The van der Waals surface area contributed by atoms with E-state index in [4.69, 9.17) is 14.2 Å². The number of thiazole rings is 1. The molecule has 0 saturated carbocycles. The molecule has 0 amide bonds. The first kappa shape index (κ1) is 16.9. The van der Waals surface area contributed by atoms with Crippen LogP contribution in [0, 0.1) is 0 Å². The van der Waals surface area contributed by atoms with Crippen molar-refractivity contribution in [3.8, 4) is 0 Å². The zero-order chi connectivity index (χ0) is 16.2. The molecule has 3 fully saturated rings. The fraction of sp³-hybridized carbons (Fsp3) is 0.824. The van der Waals surface area contributed by atoms with Crippen molar-refractivity contribution >= 4 is 11.3 Å². The molecule has 0 bridgehead atoms. The highest BCUT2D eigenvalue weighted by Gasteiger charge is 2.43. The quantitative estimate of drug-likeness (QED) is 0.811. The highest BCUT2D eigenvalue weighted by molar-refractivity contribution is 7.09. The summed E-state index contributed by atoms with van der Waals surface area (Å²) in [6, 6.07) is 0. The zero-order valence-corrected chi connectivity index (χ0v) is 15.0. The summed E-state index contributed by atoms with van der Waals surface area (Å²) in [6.07, 6.45) is 4.43. The molecule has 24 heavy (non-hydrogen) atoms. The summed E-state index contributed by atoms with van der Waals surface area (Å²) in [7, 11) is 0. The Bertz CT molecular complexity index is 509. The lowest BCUT2D eigenvalue weighted by molar-refractivity contribution is -0.0967. The third-order valence-electron chi connectivity index (χ3n) is 5.18. The van der Waals surface area contributed by atoms with Gasteiger partial charge in [0.25, 0.3) is 0 Å². The normalized spacial score (nSPS) is 33.1. The molecule has 6 nitrogen and oxygen atoms in total. The number of rotatable bonds is 4. The molecule has 0 aliphatic carbocycles. The Morgan fingerprint density at radius 1 is 1.17 bits per heavy atom. The summed E-state index contributed by atoms with van der Waals surface area (Å²) in [5, 5.41) is 3.22. The zero-order valence-electron chi connectivity index (χ0n) is 14.2. The fourth-order valence-electron chi connectivity index (χ4n) is 3.96. The van der Waals surface area contributed by atoms with Crippen molar-refractivity contribution in [1.29, 1.82) is 0 Å². The van der Waals surface area contributed by atoms with Gasteiger partial charge < -0.3 is 14.2 Å². The second-order valence-corrected chi connectivity index (χ2v) is 8.04. The first-order valence-electron chi connectivity index (χ1n) is 8.98. The Kier molecular flexibility index (Phi) is 5.46. The van der Waals surface area contributed by atoms with Gasteiger partial charge in [0.2, 0.25) is 0 Å². The lowest BCUT2D eigenvalue weighted by atomic mass is 10.00. The monoisotopic (exact) mass is 353 g/mol. The minimum atomic E-state index is -0.134. The molecule has 3 aliphatic rings. The van der Waals surface area contributed by atoms with Crippen LogP contribution < -0.4 is 0 Å². The van der Waals surface area contributed by atoms with E-state index in [0.717, 1.165) is 78.5 Å². The molecule has 1 spiro atoms. The summed E-state index contributed by atoms with van der Waals surface area (Å²) in [5.74, 6) is 0. The molecular weight excluding hydrogens is 326 g/mol. The molecule has 1 aromatic rings. The predicted molar refractivity (Wildman–Crippen MR) is 92.3 cm³/mol. The molecule has 134 valence electrons. The number of nitrogens with zero attached hydrogens (tertiary/aromatic N) is 3. The SMILES string of the molecule is c1csc(CN2CCOC[C@@]3(CC[C@H](CN4CCOCC4)O3)C2)n1. The van der Waals surface area contributed by atoms with Gasteiger partial charge in [0, 0.05) is 44.3 Å². The Balaban J connectivity index is 1.34. The topological polar surface area (TPSA) is 47.1 Å². The van der Waals surface area contributed by atoms with Crippen molar-refractivity contribution < 1.29 is 14.2 Å². The van der Waals surface area contributed by atoms with Crippen molar-refractivity contribution in [2.45, 2.75) is 31.1 Å². The van der Waals surface area contributed by atoms with Gasteiger partial charge in [0.15, 0.2) is 0 Å². The molecular formula is C17H27N3O3S. The van der Waals surface area contributed by atoms with Crippen LogP contribution in [0.4, 0.5) is 0 Å². The second-order valence-electron chi connectivity index (χ2n) is 7.06.